The van der Waals surface area contributed by atoms with Crippen molar-refractivity contribution >= 4 is 22.5 Å². The summed E-state index contributed by atoms with van der Waals surface area (Å²) >= 11 is 0. The highest BCUT2D eigenvalue weighted by Gasteiger charge is 2.27. The van der Waals surface area contributed by atoms with Crippen molar-refractivity contribution in [2.45, 2.75) is 38.8 Å². The van der Waals surface area contributed by atoms with E-state index in [-0.39, 0.29) is 5.91 Å². The molecule has 3 aromatic rings. The van der Waals surface area contributed by atoms with E-state index in [0.717, 1.165) is 47.4 Å². The van der Waals surface area contributed by atoms with Gasteiger partial charge in [0.05, 0.1) is 19.4 Å². The van der Waals surface area contributed by atoms with Crippen LogP contribution in [0.15, 0.2) is 59.7 Å². The Morgan fingerprint density at radius 1 is 1.06 bits per heavy atom. The zero-order valence-corrected chi connectivity index (χ0v) is 18.8. The summed E-state index contributed by atoms with van der Waals surface area (Å²) in [6, 6.07) is 18.5. The first-order chi connectivity index (χ1) is 15.6. The highest BCUT2D eigenvalue weighted by molar-refractivity contribution is 6.06. The van der Waals surface area contributed by atoms with Gasteiger partial charge in [-0.3, -0.25) is 4.79 Å². The molecular weight excluding hydrogens is 400 g/mol. The minimum atomic E-state index is -0.0293. The molecule has 2 aliphatic heterocycles. The van der Waals surface area contributed by atoms with Crippen LogP contribution in [0.4, 0.5) is 0 Å². The number of hydrogen-bond donors (Lipinski definition) is 0. The van der Waals surface area contributed by atoms with Crippen molar-refractivity contribution < 1.29 is 9.53 Å². The van der Waals surface area contributed by atoms with Gasteiger partial charge >= 0.3 is 0 Å². The average molecular weight is 431 g/mol. The molecule has 0 unspecified atom stereocenters. The fraction of sp³-hybridized carbons (Fsp3) is 0.385. The first kappa shape index (κ1) is 20.8. The number of para-hydroxylation sites is 1. The van der Waals surface area contributed by atoms with E-state index in [9.17, 15) is 4.79 Å². The number of nitrogens with zero attached hydrogens (tertiary/aromatic N) is 4. The van der Waals surface area contributed by atoms with Gasteiger partial charge in [0.1, 0.15) is 11.4 Å². The third-order valence-electron chi connectivity index (χ3n) is 6.76. The Balaban J connectivity index is 1.50. The molecule has 32 heavy (non-hydrogen) atoms. The molecule has 1 aromatic heterocycles. The summed E-state index contributed by atoms with van der Waals surface area (Å²) in [5.41, 5.74) is 3.65. The van der Waals surface area contributed by atoms with Gasteiger partial charge in [0.15, 0.2) is 0 Å². The molecule has 0 aliphatic carbocycles. The monoisotopic (exact) mass is 430 g/mol. The summed E-state index contributed by atoms with van der Waals surface area (Å²) in [6.45, 7) is 5.74. The molecular formula is C26H30N4O2. The number of aromatic nitrogens is 1. The van der Waals surface area contributed by atoms with Gasteiger partial charge in [0.2, 0.25) is 0 Å². The molecule has 0 radical (unpaired) electrons. The van der Waals surface area contributed by atoms with Crippen molar-refractivity contribution in [3.05, 3.63) is 65.9 Å². The predicted molar refractivity (Wildman–Crippen MR) is 127 cm³/mol. The SMILES string of the molecule is COc1ccc(C2=NN(CC[C@@H](C)N3CCCC3)C(=O)c3cc4ccccc4n3C2)cc1. The molecule has 1 fully saturated rings. The Kier molecular flexibility index (Phi) is 5.70. The molecule has 6 nitrogen and oxygen atoms in total. The summed E-state index contributed by atoms with van der Waals surface area (Å²) in [4.78, 5) is 16.1. The second-order valence-corrected chi connectivity index (χ2v) is 8.76. The number of fused-ring (bicyclic) bond motifs is 3. The lowest BCUT2D eigenvalue weighted by molar-refractivity contribution is 0.0740. The molecule has 2 aromatic carbocycles. The molecule has 0 saturated carbocycles. The Morgan fingerprint density at radius 3 is 2.56 bits per heavy atom. The number of benzene rings is 2. The molecule has 166 valence electrons. The lowest BCUT2D eigenvalue weighted by atomic mass is 10.1. The number of ether oxygens (including phenoxy) is 1. The summed E-state index contributed by atoms with van der Waals surface area (Å²) in [5.74, 6) is 0.778. The average Bonchev–Trinajstić information content (AvgIpc) is 3.46. The van der Waals surface area contributed by atoms with Crippen molar-refractivity contribution in [1.29, 1.82) is 0 Å². The summed E-state index contributed by atoms with van der Waals surface area (Å²) in [6.07, 6.45) is 3.45. The summed E-state index contributed by atoms with van der Waals surface area (Å²) in [5, 5.41) is 7.66. The topological polar surface area (TPSA) is 50.1 Å². The van der Waals surface area contributed by atoms with Gasteiger partial charge in [-0.2, -0.15) is 5.10 Å². The van der Waals surface area contributed by atoms with Crippen LogP contribution >= 0.6 is 0 Å². The number of carbonyl (C=O) groups is 1. The van der Waals surface area contributed by atoms with Crippen molar-refractivity contribution in [1.82, 2.24) is 14.5 Å². The van der Waals surface area contributed by atoms with Gasteiger partial charge < -0.3 is 14.2 Å². The largest absolute Gasteiger partial charge is 0.497 e. The third-order valence-corrected chi connectivity index (χ3v) is 6.76. The molecule has 5 rings (SSSR count). The third kappa shape index (κ3) is 3.91. The van der Waals surface area contributed by atoms with E-state index in [1.54, 1.807) is 12.1 Å². The van der Waals surface area contributed by atoms with Crippen molar-refractivity contribution in [3.8, 4) is 5.75 Å². The molecule has 0 bridgehead atoms. The van der Waals surface area contributed by atoms with E-state index in [4.69, 9.17) is 9.84 Å². The van der Waals surface area contributed by atoms with Crippen LogP contribution in [0, 0.1) is 0 Å². The first-order valence-corrected chi connectivity index (χ1v) is 11.5. The predicted octanol–water partition coefficient (Wildman–Crippen LogP) is 4.38. The second kappa shape index (κ2) is 8.79. The normalized spacial score (nSPS) is 17.9. The Hall–Kier alpha value is -3.12. The molecule has 1 amide bonds. The Morgan fingerprint density at radius 2 is 1.81 bits per heavy atom. The fourth-order valence-corrected chi connectivity index (χ4v) is 4.82. The molecule has 3 heterocycles. The molecule has 6 heteroatoms. The van der Waals surface area contributed by atoms with Gasteiger partial charge in [-0.05, 0) is 81.2 Å². The summed E-state index contributed by atoms with van der Waals surface area (Å²) in [7, 11) is 1.67. The Labute approximate surface area is 189 Å². The van der Waals surface area contributed by atoms with Crippen LogP contribution in [0.3, 0.4) is 0 Å². The number of hydrogen-bond acceptors (Lipinski definition) is 4. The number of rotatable bonds is 6. The number of hydrazone groups is 1. The molecule has 0 N–H and O–H groups in total. The quantitative estimate of drug-likeness (QED) is 0.583. The van der Waals surface area contributed by atoms with Crippen LogP contribution in [0.5, 0.6) is 5.75 Å². The lowest BCUT2D eigenvalue weighted by Gasteiger charge is -2.25. The number of carbonyl (C=O) groups excluding carboxylic acids is 1. The van der Waals surface area contributed by atoms with Crippen LogP contribution in [0.2, 0.25) is 0 Å². The maximum absolute atomic E-state index is 13.6. The van der Waals surface area contributed by atoms with Crippen LogP contribution in [0.25, 0.3) is 10.9 Å². The molecule has 1 saturated heterocycles. The van der Waals surface area contributed by atoms with E-state index in [1.807, 2.05) is 42.5 Å². The fourth-order valence-electron chi connectivity index (χ4n) is 4.82. The van der Waals surface area contributed by atoms with E-state index < -0.39 is 0 Å². The lowest BCUT2D eigenvalue weighted by Crippen LogP contribution is -2.35. The van der Waals surface area contributed by atoms with E-state index >= 15 is 0 Å². The molecule has 1 atom stereocenters. The van der Waals surface area contributed by atoms with Gasteiger partial charge in [0.25, 0.3) is 5.91 Å². The van der Waals surface area contributed by atoms with Crippen LogP contribution in [0.1, 0.15) is 42.2 Å². The second-order valence-electron chi connectivity index (χ2n) is 8.76. The zero-order valence-electron chi connectivity index (χ0n) is 18.8. The minimum absolute atomic E-state index is 0.0293. The first-order valence-electron chi connectivity index (χ1n) is 11.5. The molecule has 2 aliphatic rings. The van der Waals surface area contributed by atoms with Crippen LogP contribution in [-0.2, 0) is 6.54 Å². The van der Waals surface area contributed by atoms with Gasteiger partial charge in [0, 0.05) is 23.5 Å². The highest BCUT2D eigenvalue weighted by atomic mass is 16.5. The van der Waals surface area contributed by atoms with Crippen molar-refractivity contribution in [3.63, 3.8) is 0 Å². The Bertz CT molecular complexity index is 1140. The van der Waals surface area contributed by atoms with E-state index in [1.165, 1.54) is 12.8 Å². The summed E-state index contributed by atoms with van der Waals surface area (Å²) < 4.78 is 7.42. The minimum Gasteiger partial charge on any atom is -0.497 e. The number of likely N-dealkylation sites (tertiary alicyclic amines) is 1. The smallest absolute Gasteiger partial charge is 0.290 e. The molecule has 0 spiro atoms. The van der Waals surface area contributed by atoms with Crippen LogP contribution in [-0.4, -0.2) is 58.9 Å². The maximum atomic E-state index is 13.6. The van der Waals surface area contributed by atoms with Crippen molar-refractivity contribution in [2.24, 2.45) is 5.10 Å². The zero-order chi connectivity index (χ0) is 22.1. The van der Waals surface area contributed by atoms with E-state index in [2.05, 4.69) is 28.5 Å². The highest BCUT2D eigenvalue weighted by Crippen LogP contribution is 2.26. The van der Waals surface area contributed by atoms with Gasteiger partial charge in [-0.15, -0.1) is 0 Å². The number of amides is 1. The van der Waals surface area contributed by atoms with Crippen molar-refractivity contribution in [2.75, 3.05) is 26.7 Å². The van der Waals surface area contributed by atoms with Crippen LogP contribution < -0.4 is 4.74 Å². The standard InChI is InChI=1S/C26H30N4O2/c1-19(28-14-5-6-15-28)13-16-30-26(31)25-17-21-7-3-4-8-24(21)29(25)18-23(27-30)20-9-11-22(32-2)12-10-20/h3-4,7-12,17,19H,5-6,13-16,18H2,1-2H3/t19-/m1/s1. The number of methoxy groups -OCH3 is 1. The van der Waals surface area contributed by atoms with Gasteiger partial charge in [-0.1, -0.05) is 18.2 Å². The van der Waals surface area contributed by atoms with E-state index in [0.29, 0.717) is 24.8 Å². The maximum Gasteiger partial charge on any atom is 0.290 e. The van der Waals surface area contributed by atoms with Gasteiger partial charge in [-0.25, -0.2) is 5.01 Å².